The summed E-state index contributed by atoms with van der Waals surface area (Å²) in [7, 11) is -4.18. The molecule has 0 aliphatic carbocycles. The highest BCUT2D eigenvalue weighted by Crippen LogP contribution is 2.45. The molecular weight excluding hydrogens is 510 g/mol. The van der Waals surface area contributed by atoms with Crippen LogP contribution in [0.4, 0.5) is 35.1 Å². The summed E-state index contributed by atoms with van der Waals surface area (Å²) in [5.41, 5.74) is -2.24. The van der Waals surface area contributed by atoms with E-state index in [1.807, 2.05) is 0 Å². The van der Waals surface area contributed by atoms with Crippen molar-refractivity contribution in [1.29, 1.82) is 0 Å². The fourth-order valence-electron chi connectivity index (χ4n) is 2.88. The third-order valence-electron chi connectivity index (χ3n) is 4.52. The number of nitrogens with zero attached hydrogens (tertiary/aromatic N) is 5. The molecule has 0 radical (unpaired) electrons. The third-order valence-corrected chi connectivity index (χ3v) is 7.30. The van der Waals surface area contributed by atoms with Crippen molar-refractivity contribution in [3.8, 4) is 11.4 Å². The first-order valence-electron chi connectivity index (χ1n) is 8.70. The van der Waals surface area contributed by atoms with Crippen LogP contribution >= 0.6 is 11.3 Å². The highest BCUT2D eigenvalue weighted by Gasteiger charge is 2.61. The second-order valence-corrected chi connectivity index (χ2v) is 9.83. The Balaban J connectivity index is 1.92. The number of rotatable bonds is 4. The van der Waals surface area contributed by atoms with Crippen molar-refractivity contribution in [3.63, 3.8) is 0 Å². The van der Waals surface area contributed by atoms with Gasteiger partial charge in [0.1, 0.15) is 16.3 Å². The Kier molecular flexibility index (Phi) is 5.01. The Morgan fingerprint density at radius 1 is 1.03 bits per heavy atom. The number of hydrogen-bond acceptors (Lipinski definition) is 6. The molecule has 0 atom stereocenters. The van der Waals surface area contributed by atoms with Gasteiger partial charge in [-0.05, 0) is 12.1 Å². The van der Waals surface area contributed by atoms with Crippen LogP contribution in [0.1, 0.15) is 17.5 Å². The zero-order valence-corrected chi connectivity index (χ0v) is 17.5. The normalized spacial score (nSPS) is 14.0. The molecule has 0 aliphatic rings. The summed E-state index contributed by atoms with van der Waals surface area (Å²) in [6, 6.07) is 1.25. The highest BCUT2D eigenvalue weighted by atomic mass is 32.2. The van der Waals surface area contributed by atoms with Crippen molar-refractivity contribution in [3.05, 3.63) is 35.1 Å². The van der Waals surface area contributed by atoms with E-state index in [1.54, 1.807) is 0 Å². The van der Waals surface area contributed by atoms with E-state index < -0.39 is 65.5 Å². The van der Waals surface area contributed by atoms with E-state index in [-0.39, 0.29) is 17.0 Å². The molecule has 4 heterocycles. The van der Waals surface area contributed by atoms with Crippen LogP contribution in [0.25, 0.3) is 21.9 Å². The number of sulfone groups is 1. The van der Waals surface area contributed by atoms with Crippen LogP contribution in [0.3, 0.4) is 0 Å². The molecule has 0 fully saturated rings. The molecule has 0 bridgehead atoms. The van der Waals surface area contributed by atoms with E-state index in [9.17, 15) is 43.5 Å². The third kappa shape index (κ3) is 3.71. The van der Waals surface area contributed by atoms with E-state index in [4.69, 9.17) is 0 Å². The SMILES string of the molecule is CCS(=O)(=O)c1c(-c2cn3nc(C(F)(F)C(F)(F)F)sc3n2)nn2ccc(C(F)(F)F)cc12. The van der Waals surface area contributed by atoms with Crippen molar-refractivity contribution in [2.45, 2.75) is 30.1 Å². The van der Waals surface area contributed by atoms with Crippen molar-refractivity contribution in [1.82, 2.24) is 24.2 Å². The van der Waals surface area contributed by atoms with Crippen LogP contribution in [0.5, 0.6) is 0 Å². The summed E-state index contributed by atoms with van der Waals surface area (Å²) in [5.74, 6) is -5.76. The predicted octanol–water partition coefficient (Wildman–Crippen LogP) is 4.57. The van der Waals surface area contributed by atoms with Gasteiger partial charge in [0.25, 0.3) is 0 Å². The summed E-state index contributed by atoms with van der Waals surface area (Å²) in [4.78, 5) is 2.80. The number of halogens is 8. The molecule has 0 unspecified atom stereocenters. The maximum atomic E-state index is 13.5. The molecule has 0 spiro atoms. The van der Waals surface area contributed by atoms with Crippen LogP contribution in [0, 0.1) is 0 Å². The Labute approximate surface area is 182 Å². The Morgan fingerprint density at radius 3 is 2.24 bits per heavy atom. The quantitative estimate of drug-likeness (QED) is 0.369. The van der Waals surface area contributed by atoms with Gasteiger partial charge in [0.05, 0.1) is 23.0 Å². The average molecular weight is 519 g/mol. The van der Waals surface area contributed by atoms with Crippen molar-refractivity contribution >= 4 is 31.7 Å². The molecule has 4 aromatic heterocycles. The van der Waals surface area contributed by atoms with E-state index in [0.717, 1.165) is 16.9 Å². The van der Waals surface area contributed by atoms with Crippen molar-refractivity contribution in [2.75, 3.05) is 5.75 Å². The second-order valence-electron chi connectivity index (χ2n) is 6.66. The van der Waals surface area contributed by atoms with Gasteiger partial charge in [-0.3, -0.25) is 0 Å². The Morgan fingerprint density at radius 2 is 1.70 bits per heavy atom. The highest BCUT2D eigenvalue weighted by molar-refractivity contribution is 7.91. The molecule has 7 nitrogen and oxygen atoms in total. The van der Waals surface area contributed by atoms with Crippen LogP contribution in [0.2, 0.25) is 0 Å². The molecule has 0 aromatic carbocycles. The lowest BCUT2D eigenvalue weighted by molar-refractivity contribution is -0.289. The lowest BCUT2D eigenvalue weighted by Gasteiger charge is -2.15. The van der Waals surface area contributed by atoms with Gasteiger partial charge in [-0.25, -0.2) is 22.4 Å². The zero-order valence-electron chi connectivity index (χ0n) is 15.9. The summed E-state index contributed by atoms with van der Waals surface area (Å²) < 4.78 is 131. The minimum absolute atomic E-state index is 0.0837. The molecular formula is C16H9F8N5O2S2. The minimum Gasteiger partial charge on any atom is -0.239 e. The summed E-state index contributed by atoms with van der Waals surface area (Å²) in [6.45, 7) is 1.25. The van der Waals surface area contributed by atoms with Crippen LogP contribution in [-0.4, -0.2) is 44.6 Å². The molecule has 33 heavy (non-hydrogen) atoms. The van der Waals surface area contributed by atoms with Crippen LogP contribution in [-0.2, 0) is 21.9 Å². The van der Waals surface area contributed by atoms with E-state index in [2.05, 4.69) is 15.2 Å². The monoisotopic (exact) mass is 519 g/mol. The van der Waals surface area contributed by atoms with Crippen LogP contribution in [0.15, 0.2) is 29.4 Å². The number of fused-ring (bicyclic) bond motifs is 2. The maximum absolute atomic E-state index is 13.5. The van der Waals surface area contributed by atoms with Gasteiger partial charge in [-0.15, -0.1) is 0 Å². The summed E-state index contributed by atoms with van der Waals surface area (Å²) in [5, 5.41) is 5.54. The summed E-state index contributed by atoms with van der Waals surface area (Å²) >= 11 is -0.0837. The van der Waals surface area contributed by atoms with Gasteiger partial charge in [0, 0.05) is 6.20 Å². The lowest BCUT2D eigenvalue weighted by atomic mass is 10.2. The molecule has 0 amide bonds. The smallest absolute Gasteiger partial charge is 0.239 e. The van der Waals surface area contributed by atoms with E-state index >= 15 is 0 Å². The van der Waals surface area contributed by atoms with Gasteiger partial charge in [0.2, 0.25) is 4.96 Å². The van der Waals surface area contributed by atoms with Crippen molar-refractivity contribution in [2.24, 2.45) is 0 Å². The predicted molar refractivity (Wildman–Crippen MR) is 97.7 cm³/mol. The van der Waals surface area contributed by atoms with Gasteiger partial charge in [0.15, 0.2) is 14.8 Å². The molecule has 0 saturated carbocycles. The van der Waals surface area contributed by atoms with Crippen LogP contribution < -0.4 is 0 Å². The maximum Gasteiger partial charge on any atom is 0.460 e. The lowest BCUT2D eigenvalue weighted by Crippen LogP contribution is -2.33. The Hall–Kier alpha value is -2.82. The first-order valence-corrected chi connectivity index (χ1v) is 11.2. The molecule has 178 valence electrons. The fourth-order valence-corrected chi connectivity index (χ4v) is 4.96. The second kappa shape index (κ2) is 7.09. The Bertz CT molecular complexity index is 1450. The number of aromatic nitrogens is 5. The largest absolute Gasteiger partial charge is 0.460 e. The van der Waals surface area contributed by atoms with E-state index in [0.29, 0.717) is 16.6 Å². The molecule has 0 aliphatic heterocycles. The number of hydrogen-bond donors (Lipinski definition) is 0. The first-order chi connectivity index (χ1) is 15.1. The van der Waals surface area contributed by atoms with Gasteiger partial charge in [-0.2, -0.15) is 45.3 Å². The molecule has 0 N–H and O–H groups in total. The zero-order chi connectivity index (χ0) is 24.6. The topological polar surface area (TPSA) is 81.6 Å². The molecule has 17 heteroatoms. The first kappa shape index (κ1) is 23.3. The van der Waals surface area contributed by atoms with E-state index in [1.165, 1.54) is 6.92 Å². The van der Waals surface area contributed by atoms with Crippen molar-refractivity contribution < 1.29 is 43.5 Å². The van der Waals surface area contributed by atoms with Gasteiger partial charge in [-0.1, -0.05) is 18.3 Å². The number of alkyl halides is 8. The summed E-state index contributed by atoms with van der Waals surface area (Å²) in [6.07, 6.45) is -8.93. The van der Waals surface area contributed by atoms with Gasteiger partial charge < -0.3 is 0 Å². The number of pyridine rings is 1. The fraction of sp³-hybridized carbons (Fsp3) is 0.312. The molecule has 4 aromatic rings. The number of imidazole rings is 1. The average Bonchev–Trinajstić information content (AvgIpc) is 3.36. The van der Waals surface area contributed by atoms with Gasteiger partial charge >= 0.3 is 18.3 Å². The molecule has 0 saturated heterocycles. The minimum atomic E-state index is -5.90. The molecule has 4 rings (SSSR count). The standard InChI is InChI=1S/C16H9F8N5O2S2/c1-2-33(30,31)11-9-5-7(15(19,20)21)3-4-28(9)26-10(11)8-6-29-13(25-8)32-12(27-29)14(17,18)16(22,23)24/h3-6H,2H2,1H3.